The summed E-state index contributed by atoms with van der Waals surface area (Å²) in [5.41, 5.74) is -3.05. The van der Waals surface area contributed by atoms with Crippen LogP contribution in [0.3, 0.4) is 0 Å². The number of hydrogen-bond donors (Lipinski definition) is 0. The van der Waals surface area contributed by atoms with Gasteiger partial charge in [0, 0.05) is 0 Å². The van der Waals surface area contributed by atoms with Crippen LogP contribution in [0.25, 0.3) is 0 Å². The van der Waals surface area contributed by atoms with Gasteiger partial charge in [-0.25, -0.2) is 9.59 Å². The molecule has 0 aromatic heterocycles. The standard InChI is InChI=1S/C22H34O8/c1-11(2)25-15-17(27-13(5)6)21(9,29-19(15)23)22(10)18(28-14(7)8)16(20(24)30-22)26-12(3)4/h11-14H,1-10H3. The average molecular weight is 427 g/mol. The second-order valence-corrected chi connectivity index (χ2v) is 8.83. The summed E-state index contributed by atoms with van der Waals surface area (Å²) in [6, 6.07) is 0. The molecule has 0 radical (unpaired) electrons. The fraction of sp³-hybridized carbons (Fsp3) is 0.727. The van der Waals surface area contributed by atoms with Crippen molar-refractivity contribution in [2.45, 2.75) is 105 Å². The molecule has 2 aliphatic heterocycles. The van der Waals surface area contributed by atoms with Crippen molar-refractivity contribution in [3.63, 3.8) is 0 Å². The van der Waals surface area contributed by atoms with Crippen LogP contribution in [0.1, 0.15) is 69.2 Å². The smallest absolute Gasteiger partial charge is 0.378 e. The fourth-order valence-corrected chi connectivity index (χ4v) is 3.28. The summed E-state index contributed by atoms with van der Waals surface area (Å²) in [6.45, 7) is 17.7. The highest BCUT2D eigenvalue weighted by Gasteiger charge is 2.68. The summed E-state index contributed by atoms with van der Waals surface area (Å²) < 4.78 is 35.0. The second kappa shape index (κ2) is 8.40. The van der Waals surface area contributed by atoms with Crippen LogP contribution in [0.2, 0.25) is 0 Å². The van der Waals surface area contributed by atoms with E-state index in [0.29, 0.717) is 0 Å². The third-order valence-corrected chi connectivity index (χ3v) is 4.57. The molecule has 0 fully saturated rings. The SMILES string of the molecule is CC(C)OC1=C(OC(C)C)C(C)(C2(C)OC(=O)C(OC(C)C)=C2OC(C)C)OC1=O. The van der Waals surface area contributed by atoms with Gasteiger partial charge in [0.15, 0.2) is 11.5 Å². The third-order valence-electron chi connectivity index (χ3n) is 4.57. The molecule has 0 N–H and O–H groups in total. The lowest BCUT2D eigenvalue weighted by Gasteiger charge is -2.40. The molecular formula is C22H34O8. The Morgan fingerprint density at radius 3 is 1.07 bits per heavy atom. The van der Waals surface area contributed by atoms with Gasteiger partial charge in [0.25, 0.3) is 0 Å². The Kier molecular flexibility index (Phi) is 6.69. The van der Waals surface area contributed by atoms with E-state index < -0.39 is 23.1 Å². The van der Waals surface area contributed by atoms with E-state index in [0.717, 1.165) is 0 Å². The van der Waals surface area contributed by atoms with Gasteiger partial charge in [-0.2, -0.15) is 0 Å². The summed E-state index contributed by atoms with van der Waals surface area (Å²) in [6.07, 6.45) is -1.15. The highest BCUT2D eigenvalue weighted by molar-refractivity contribution is 5.93. The second-order valence-electron chi connectivity index (χ2n) is 8.83. The highest BCUT2D eigenvalue weighted by Crippen LogP contribution is 2.51. The predicted octanol–water partition coefficient (Wildman–Crippen LogP) is 3.74. The van der Waals surface area contributed by atoms with Crippen molar-refractivity contribution in [1.82, 2.24) is 0 Å². The van der Waals surface area contributed by atoms with Crippen LogP contribution < -0.4 is 0 Å². The Balaban J connectivity index is 2.69. The normalized spacial score (nSPS) is 26.9. The molecule has 2 heterocycles. The first kappa shape index (κ1) is 23.9. The number of esters is 2. The molecule has 0 bridgehead atoms. The molecule has 2 unspecified atom stereocenters. The Hall–Kier alpha value is -2.38. The van der Waals surface area contributed by atoms with E-state index in [1.54, 1.807) is 41.5 Å². The summed E-state index contributed by atoms with van der Waals surface area (Å²) in [5.74, 6) is -1.16. The van der Waals surface area contributed by atoms with Crippen molar-refractivity contribution in [2.24, 2.45) is 0 Å². The van der Waals surface area contributed by atoms with Crippen molar-refractivity contribution in [3.8, 4) is 0 Å². The van der Waals surface area contributed by atoms with Gasteiger partial charge >= 0.3 is 11.9 Å². The van der Waals surface area contributed by atoms with Crippen molar-refractivity contribution >= 4 is 11.9 Å². The first-order chi connectivity index (χ1) is 13.7. The minimum Gasteiger partial charge on any atom is -0.487 e. The van der Waals surface area contributed by atoms with Crippen LogP contribution in [-0.4, -0.2) is 47.6 Å². The molecule has 8 nitrogen and oxygen atoms in total. The van der Waals surface area contributed by atoms with E-state index in [4.69, 9.17) is 28.4 Å². The van der Waals surface area contributed by atoms with Gasteiger partial charge in [0.2, 0.25) is 22.7 Å². The number of cyclic esters (lactones) is 2. The quantitative estimate of drug-likeness (QED) is 0.515. The van der Waals surface area contributed by atoms with Crippen LogP contribution in [-0.2, 0) is 38.0 Å². The summed E-state index contributed by atoms with van der Waals surface area (Å²) in [5, 5.41) is 0. The molecule has 0 aliphatic carbocycles. The minimum atomic E-state index is -1.53. The summed E-state index contributed by atoms with van der Waals surface area (Å²) >= 11 is 0. The Labute approximate surface area is 178 Å². The fourth-order valence-electron chi connectivity index (χ4n) is 3.28. The number of carbonyl (C=O) groups is 2. The topological polar surface area (TPSA) is 89.5 Å². The third kappa shape index (κ3) is 4.23. The summed E-state index contributed by atoms with van der Waals surface area (Å²) in [7, 11) is 0. The van der Waals surface area contributed by atoms with Gasteiger partial charge in [-0.3, -0.25) is 0 Å². The molecule has 8 heteroatoms. The Bertz CT molecular complexity index is 697. The lowest BCUT2D eigenvalue weighted by molar-refractivity contribution is -0.189. The van der Waals surface area contributed by atoms with Crippen molar-refractivity contribution < 1.29 is 38.0 Å². The number of hydrogen-bond acceptors (Lipinski definition) is 8. The van der Waals surface area contributed by atoms with Crippen molar-refractivity contribution in [1.29, 1.82) is 0 Å². The summed E-state index contributed by atoms with van der Waals surface area (Å²) in [4.78, 5) is 25.5. The maximum Gasteiger partial charge on any atom is 0.378 e. The van der Waals surface area contributed by atoms with E-state index in [9.17, 15) is 9.59 Å². The predicted molar refractivity (Wildman–Crippen MR) is 108 cm³/mol. The molecule has 170 valence electrons. The Morgan fingerprint density at radius 1 is 0.567 bits per heavy atom. The lowest BCUT2D eigenvalue weighted by atomic mass is 9.82. The van der Waals surface area contributed by atoms with E-state index in [1.807, 2.05) is 27.7 Å². The van der Waals surface area contributed by atoms with Gasteiger partial charge in [0.1, 0.15) is 0 Å². The maximum atomic E-state index is 12.8. The van der Waals surface area contributed by atoms with E-state index in [-0.39, 0.29) is 47.5 Å². The molecule has 0 aromatic rings. The molecule has 2 atom stereocenters. The van der Waals surface area contributed by atoms with E-state index in [1.165, 1.54) is 0 Å². The molecular weight excluding hydrogens is 392 g/mol. The zero-order chi connectivity index (χ0) is 23.0. The molecule has 2 rings (SSSR count). The highest BCUT2D eigenvalue weighted by atomic mass is 16.7. The monoisotopic (exact) mass is 426 g/mol. The van der Waals surface area contributed by atoms with Gasteiger partial charge in [-0.05, 0) is 69.2 Å². The van der Waals surface area contributed by atoms with Crippen LogP contribution in [0.5, 0.6) is 0 Å². The molecule has 2 aliphatic rings. The van der Waals surface area contributed by atoms with Gasteiger partial charge < -0.3 is 28.4 Å². The maximum absolute atomic E-state index is 12.8. The molecule has 0 saturated carbocycles. The van der Waals surface area contributed by atoms with Crippen molar-refractivity contribution in [3.05, 3.63) is 23.0 Å². The molecule has 0 spiro atoms. The van der Waals surface area contributed by atoms with E-state index >= 15 is 0 Å². The minimum absolute atomic E-state index is 0.0411. The number of rotatable bonds is 9. The van der Waals surface area contributed by atoms with Crippen LogP contribution >= 0.6 is 0 Å². The molecule has 30 heavy (non-hydrogen) atoms. The number of carbonyl (C=O) groups excluding carboxylic acids is 2. The zero-order valence-corrected chi connectivity index (χ0v) is 19.6. The number of ether oxygens (including phenoxy) is 6. The lowest BCUT2D eigenvalue weighted by Crippen LogP contribution is -2.55. The zero-order valence-electron chi connectivity index (χ0n) is 19.6. The first-order valence-corrected chi connectivity index (χ1v) is 10.4. The average Bonchev–Trinajstić information content (AvgIpc) is 2.94. The Morgan fingerprint density at radius 2 is 0.833 bits per heavy atom. The van der Waals surface area contributed by atoms with Gasteiger partial charge in [-0.1, -0.05) is 0 Å². The van der Waals surface area contributed by atoms with E-state index in [2.05, 4.69) is 0 Å². The van der Waals surface area contributed by atoms with Crippen LogP contribution in [0.4, 0.5) is 0 Å². The molecule has 0 saturated heterocycles. The van der Waals surface area contributed by atoms with Crippen LogP contribution in [0, 0.1) is 0 Å². The molecule has 0 aromatic carbocycles. The van der Waals surface area contributed by atoms with Crippen LogP contribution in [0.15, 0.2) is 23.0 Å². The van der Waals surface area contributed by atoms with Gasteiger partial charge in [0.05, 0.1) is 24.4 Å². The van der Waals surface area contributed by atoms with Gasteiger partial charge in [-0.15, -0.1) is 0 Å². The van der Waals surface area contributed by atoms with Crippen molar-refractivity contribution in [2.75, 3.05) is 0 Å². The molecule has 0 amide bonds. The largest absolute Gasteiger partial charge is 0.487 e. The first-order valence-electron chi connectivity index (χ1n) is 10.4.